The Morgan fingerprint density at radius 2 is 2.35 bits per heavy atom. The first-order chi connectivity index (χ1) is 8.15. The summed E-state index contributed by atoms with van der Waals surface area (Å²) in [6.45, 7) is 3.42. The van der Waals surface area contributed by atoms with Crippen LogP contribution in [0.15, 0.2) is 6.20 Å². The fourth-order valence-electron chi connectivity index (χ4n) is 3.02. The summed E-state index contributed by atoms with van der Waals surface area (Å²) in [7, 11) is 0. The molecule has 4 nitrogen and oxygen atoms in total. The van der Waals surface area contributed by atoms with Gasteiger partial charge in [0.1, 0.15) is 4.88 Å². The summed E-state index contributed by atoms with van der Waals surface area (Å²) in [5.41, 5.74) is 0. The molecule has 3 rings (SSSR count). The van der Waals surface area contributed by atoms with Gasteiger partial charge in [-0.05, 0) is 25.7 Å². The lowest BCUT2D eigenvalue weighted by molar-refractivity contribution is 0.0757. The Balaban J connectivity index is 1.73. The number of hydrogen-bond donors (Lipinski definition) is 1. The molecule has 5 heteroatoms. The number of rotatable bonds is 1. The molecule has 0 bridgehead atoms. The van der Waals surface area contributed by atoms with Crippen molar-refractivity contribution < 1.29 is 9.90 Å². The Labute approximate surface area is 104 Å². The maximum absolute atomic E-state index is 12.2. The quantitative estimate of drug-likeness (QED) is 0.819. The van der Waals surface area contributed by atoms with Crippen LogP contribution in [0, 0.1) is 18.8 Å². The van der Waals surface area contributed by atoms with E-state index >= 15 is 0 Å². The highest BCUT2D eigenvalue weighted by atomic mass is 32.1. The minimum absolute atomic E-state index is 0.0807. The summed E-state index contributed by atoms with van der Waals surface area (Å²) in [5.74, 6) is 0.883. The normalized spacial score (nSPS) is 31.9. The van der Waals surface area contributed by atoms with E-state index < -0.39 is 0 Å². The van der Waals surface area contributed by atoms with E-state index in [-0.39, 0.29) is 12.0 Å². The van der Waals surface area contributed by atoms with Gasteiger partial charge in [-0.2, -0.15) is 0 Å². The van der Waals surface area contributed by atoms with E-state index in [0.29, 0.717) is 18.4 Å². The number of carbonyl (C=O) groups is 1. The molecule has 1 aliphatic carbocycles. The van der Waals surface area contributed by atoms with Crippen LogP contribution in [0.2, 0.25) is 0 Å². The first-order valence-electron chi connectivity index (χ1n) is 6.05. The van der Waals surface area contributed by atoms with E-state index in [1.54, 1.807) is 6.20 Å². The number of aliphatic hydroxyl groups excluding tert-OH is 1. The molecule has 2 heterocycles. The maximum Gasteiger partial charge on any atom is 0.265 e. The summed E-state index contributed by atoms with van der Waals surface area (Å²) in [6, 6.07) is 0. The van der Waals surface area contributed by atoms with Crippen molar-refractivity contribution in [1.82, 2.24) is 9.88 Å². The molecular weight excluding hydrogens is 236 g/mol. The van der Waals surface area contributed by atoms with Gasteiger partial charge in [-0.25, -0.2) is 4.98 Å². The van der Waals surface area contributed by atoms with Gasteiger partial charge in [0, 0.05) is 19.0 Å². The molecule has 3 atom stereocenters. The zero-order valence-electron chi connectivity index (χ0n) is 9.80. The smallest absolute Gasteiger partial charge is 0.265 e. The Morgan fingerprint density at radius 3 is 3.00 bits per heavy atom. The van der Waals surface area contributed by atoms with Crippen LogP contribution in [0.1, 0.15) is 27.5 Å². The molecule has 92 valence electrons. The van der Waals surface area contributed by atoms with Crippen LogP contribution in [-0.2, 0) is 0 Å². The molecular formula is C12H16N2O2S. The lowest BCUT2D eigenvalue weighted by Crippen LogP contribution is -2.30. The van der Waals surface area contributed by atoms with Gasteiger partial charge in [-0.3, -0.25) is 4.79 Å². The third-order valence-corrected chi connectivity index (χ3v) is 4.84. The summed E-state index contributed by atoms with van der Waals surface area (Å²) >= 11 is 1.45. The number of hydrogen-bond acceptors (Lipinski definition) is 4. The van der Waals surface area contributed by atoms with Gasteiger partial charge in [0.25, 0.3) is 5.91 Å². The molecule has 1 saturated heterocycles. The highest BCUT2D eigenvalue weighted by molar-refractivity contribution is 7.13. The molecule has 3 unspecified atom stereocenters. The first-order valence-corrected chi connectivity index (χ1v) is 6.86. The van der Waals surface area contributed by atoms with Gasteiger partial charge in [0.05, 0.1) is 17.3 Å². The Hall–Kier alpha value is -0.940. The maximum atomic E-state index is 12.2. The van der Waals surface area contributed by atoms with Gasteiger partial charge >= 0.3 is 0 Å². The summed E-state index contributed by atoms with van der Waals surface area (Å²) in [6.07, 6.45) is 3.40. The second-order valence-electron chi connectivity index (χ2n) is 5.02. The van der Waals surface area contributed by atoms with Crippen LogP contribution in [-0.4, -0.2) is 40.1 Å². The molecule has 1 amide bonds. The highest BCUT2D eigenvalue weighted by Crippen LogP contribution is 2.38. The zero-order chi connectivity index (χ0) is 12.0. The van der Waals surface area contributed by atoms with Crippen molar-refractivity contribution in [1.29, 1.82) is 0 Å². The molecule has 0 radical (unpaired) electrons. The van der Waals surface area contributed by atoms with Crippen LogP contribution >= 0.6 is 11.3 Å². The molecule has 1 aliphatic heterocycles. The number of fused-ring (bicyclic) bond motifs is 1. The third-order valence-electron chi connectivity index (χ3n) is 3.94. The van der Waals surface area contributed by atoms with Crippen molar-refractivity contribution in [2.45, 2.75) is 25.9 Å². The SMILES string of the molecule is Cc1ncc(C(=O)N2CC3CCC(O)C3C2)s1. The van der Waals surface area contributed by atoms with Crippen molar-refractivity contribution in [3.05, 3.63) is 16.1 Å². The number of aliphatic hydroxyl groups is 1. The second-order valence-corrected chi connectivity index (χ2v) is 6.26. The van der Waals surface area contributed by atoms with Crippen molar-refractivity contribution in [3.63, 3.8) is 0 Å². The van der Waals surface area contributed by atoms with Crippen molar-refractivity contribution in [2.24, 2.45) is 11.8 Å². The van der Waals surface area contributed by atoms with Crippen LogP contribution in [0.5, 0.6) is 0 Å². The average Bonchev–Trinajstić information content (AvgIpc) is 2.96. The number of nitrogens with zero attached hydrogens (tertiary/aromatic N) is 2. The largest absolute Gasteiger partial charge is 0.393 e. The number of likely N-dealkylation sites (tertiary alicyclic amines) is 1. The highest BCUT2D eigenvalue weighted by Gasteiger charge is 2.43. The molecule has 2 aliphatic rings. The molecule has 0 aromatic carbocycles. The van der Waals surface area contributed by atoms with Crippen molar-refractivity contribution in [3.8, 4) is 0 Å². The molecule has 1 aromatic heterocycles. The Morgan fingerprint density at radius 1 is 1.53 bits per heavy atom. The topological polar surface area (TPSA) is 53.4 Å². The predicted octanol–water partition coefficient (Wildman–Crippen LogP) is 1.29. The molecule has 1 aromatic rings. The predicted molar refractivity (Wildman–Crippen MR) is 65.0 cm³/mol. The van der Waals surface area contributed by atoms with Crippen molar-refractivity contribution in [2.75, 3.05) is 13.1 Å². The third kappa shape index (κ3) is 1.87. The van der Waals surface area contributed by atoms with E-state index in [4.69, 9.17) is 0 Å². The lowest BCUT2D eigenvalue weighted by atomic mass is 10.00. The van der Waals surface area contributed by atoms with Gasteiger partial charge in [-0.15, -0.1) is 11.3 Å². The number of aryl methyl sites for hydroxylation is 1. The van der Waals surface area contributed by atoms with Gasteiger partial charge in [0.15, 0.2) is 0 Å². The summed E-state index contributed by atoms with van der Waals surface area (Å²) in [4.78, 5) is 18.9. The van der Waals surface area contributed by atoms with Crippen molar-refractivity contribution >= 4 is 17.2 Å². The standard InChI is InChI=1S/C12H16N2O2S/c1-7-13-4-11(17-7)12(16)14-5-8-2-3-10(15)9(8)6-14/h4,8-10,15H,2-3,5-6H2,1H3. The number of thiazole rings is 1. The molecule has 2 fully saturated rings. The molecule has 0 spiro atoms. The fraction of sp³-hybridized carbons (Fsp3) is 0.667. The minimum Gasteiger partial charge on any atom is -0.393 e. The van der Waals surface area contributed by atoms with E-state index in [1.165, 1.54) is 11.3 Å². The van der Waals surface area contributed by atoms with Gasteiger partial charge in [0.2, 0.25) is 0 Å². The van der Waals surface area contributed by atoms with Crippen LogP contribution in [0.4, 0.5) is 0 Å². The van der Waals surface area contributed by atoms with Gasteiger partial charge < -0.3 is 10.0 Å². The Bertz CT molecular complexity index is 445. The van der Waals surface area contributed by atoms with E-state index in [1.807, 2.05) is 11.8 Å². The van der Waals surface area contributed by atoms with Gasteiger partial charge in [-0.1, -0.05) is 0 Å². The van der Waals surface area contributed by atoms with Crippen LogP contribution in [0.3, 0.4) is 0 Å². The summed E-state index contributed by atoms with van der Waals surface area (Å²) in [5, 5.41) is 10.7. The lowest BCUT2D eigenvalue weighted by Gasteiger charge is -2.17. The van der Waals surface area contributed by atoms with Crippen LogP contribution < -0.4 is 0 Å². The first kappa shape index (κ1) is 11.2. The van der Waals surface area contributed by atoms with E-state index in [9.17, 15) is 9.90 Å². The number of carbonyl (C=O) groups excluding carboxylic acids is 1. The average molecular weight is 252 g/mol. The second kappa shape index (κ2) is 4.07. The monoisotopic (exact) mass is 252 g/mol. The zero-order valence-corrected chi connectivity index (χ0v) is 10.6. The van der Waals surface area contributed by atoms with E-state index in [2.05, 4.69) is 4.98 Å². The fourth-order valence-corrected chi connectivity index (χ4v) is 3.76. The van der Waals surface area contributed by atoms with E-state index in [0.717, 1.165) is 29.3 Å². The molecule has 17 heavy (non-hydrogen) atoms. The number of amides is 1. The Kier molecular flexibility index (Phi) is 2.67. The number of aromatic nitrogens is 1. The minimum atomic E-state index is -0.207. The molecule has 1 N–H and O–H groups in total. The molecule has 1 saturated carbocycles. The van der Waals surface area contributed by atoms with Crippen LogP contribution in [0.25, 0.3) is 0 Å². The summed E-state index contributed by atoms with van der Waals surface area (Å²) < 4.78 is 0.